The number of amidine groups is 1. The molecule has 174 valence electrons. The van der Waals surface area contributed by atoms with Crippen molar-refractivity contribution in [3.8, 4) is 5.75 Å². The SMILES string of the molecule is C/C(=C\c1ccc(C(=O)Oc2ccc(C(=N)N)cc2)cc1)C(=O)NC(C)Cc1cccc(C)c1. The summed E-state index contributed by atoms with van der Waals surface area (Å²) in [4.78, 5) is 25.0. The van der Waals surface area contributed by atoms with Crippen molar-refractivity contribution in [2.24, 2.45) is 5.73 Å². The summed E-state index contributed by atoms with van der Waals surface area (Å²) < 4.78 is 5.36. The molecule has 3 rings (SSSR count). The van der Waals surface area contributed by atoms with Crippen molar-refractivity contribution in [2.45, 2.75) is 33.2 Å². The van der Waals surface area contributed by atoms with Crippen molar-refractivity contribution in [2.75, 3.05) is 0 Å². The quantitative estimate of drug-likeness (QED) is 0.151. The Morgan fingerprint density at radius 1 is 1.03 bits per heavy atom. The van der Waals surface area contributed by atoms with Gasteiger partial charge in [0.05, 0.1) is 5.56 Å². The number of esters is 1. The third kappa shape index (κ3) is 6.90. The standard InChI is InChI=1S/C28H29N3O3/c1-18-5-4-6-22(15-18)17-20(3)31-27(32)19(2)16-21-7-9-24(10-8-21)28(33)34-25-13-11-23(12-14-25)26(29)30/h4-16,20H,17H2,1-3H3,(H3,29,30)(H,31,32)/b19-16+. The summed E-state index contributed by atoms with van der Waals surface area (Å²) in [6.07, 6.45) is 2.54. The number of nitrogens with two attached hydrogens (primary N) is 1. The number of benzene rings is 3. The van der Waals surface area contributed by atoms with Crippen LogP contribution in [0.4, 0.5) is 0 Å². The number of carbonyl (C=O) groups is 2. The molecule has 4 N–H and O–H groups in total. The lowest BCUT2D eigenvalue weighted by atomic mass is 10.0. The van der Waals surface area contributed by atoms with Crippen LogP contribution in [-0.4, -0.2) is 23.8 Å². The molecule has 1 unspecified atom stereocenters. The minimum atomic E-state index is -0.495. The molecule has 0 saturated heterocycles. The molecule has 0 spiro atoms. The van der Waals surface area contributed by atoms with E-state index in [4.69, 9.17) is 15.9 Å². The number of rotatable bonds is 8. The topological polar surface area (TPSA) is 105 Å². The molecule has 0 heterocycles. The third-order valence-corrected chi connectivity index (χ3v) is 5.27. The van der Waals surface area contributed by atoms with Crippen LogP contribution in [0.25, 0.3) is 6.08 Å². The van der Waals surface area contributed by atoms with Gasteiger partial charge in [0.2, 0.25) is 5.91 Å². The van der Waals surface area contributed by atoms with E-state index in [0.29, 0.717) is 22.4 Å². The molecule has 3 aromatic carbocycles. The first-order chi connectivity index (χ1) is 16.2. The van der Waals surface area contributed by atoms with E-state index in [1.807, 2.05) is 13.0 Å². The molecule has 0 radical (unpaired) electrons. The number of ether oxygens (including phenoxy) is 1. The number of nitrogen functional groups attached to an aromatic ring is 1. The van der Waals surface area contributed by atoms with Crippen molar-refractivity contribution in [1.82, 2.24) is 5.32 Å². The summed E-state index contributed by atoms with van der Waals surface area (Å²) in [6, 6.07) is 21.5. The third-order valence-electron chi connectivity index (χ3n) is 5.27. The van der Waals surface area contributed by atoms with Crippen molar-refractivity contribution in [1.29, 1.82) is 5.41 Å². The van der Waals surface area contributed by atoms with Gasteiger partial charge < -0.3 is 15.8 Å². The lowest BCUT2D eigenvalue weighted by Gasteiger charge is -2.14. The van der Waals surface area contributed by atoms with E-state index in [9.17, 15) is 9.59 Å². The highest BCUT2D eigenvalue weighted by Crippen LogP contribution is 2.16. The number of amides is 1. The number of carbonyl (C=O) groups excluding carboxylic acids is 2. The summed E-state index contributed by atoms with van der Waals surface area (Å²) in [5.41, 5.74) is 10.1. The molecule has 0 aliphatic carbocycles. The Balaban J connectivity index is 1.57. The van der Waals surface area contributed by atoms with Gasteiger partial charge in [0.15, 0.2) is 0 Å². The predicted octanol–water partition coefficient (Wildman–Crippen LogP) is 4.65. The van der Waals surface area contributed by atoms with Crippen molar-refractivity contribution >= 4 is 23.8 Å². The van der Waals surface area contributed by atoms with Gasteiger partial charge in [-0.3, -0.25) is 10.2 Å². The number of nitrogens with one attached hydrogen (secondary N) is 2. The second-order valence-electron chi connectivity index (χ2n) is 8.34. The molecule has 0 saturated carbocycles. The molecule has 3 aromatic rings. The largest absolute Gasteiger partial charge is 0.423 e. The average Bonchev–Trinajstić information content (AvgIpc) is 2.79. The first kappa shape index (κ1) is 24.5. The molecule has 6 nitrogen and oxygen atoms in total. The maximum atomic E-state index is 12.6. The summed E-state index contributed by atoms with van der Waals surface area (Å²) in [7, 11) is 0. The fraction of sp³-hybridized carbons (Fsp3) is 0.179. The number of hydrogen-bond donors (Lipinski definition) is 3. The van der Waals surface area contributed by atoms with Crippen molar-refractivity contribution in [3.05, 3.63) is 106 Å². The van der Waals surface area contributed by atoms with Crippen LogP contribution in [0.3, 0.4) is 0 Å². The van der Waals surface area contributed by atoms with Gasteiger partial charge in [0.1, 0.15) is 11.6 Å². The van der Waals surface area contributed by atoms with Crippen LogP contribution in [0.2, 0.25) is 0 Å². The number of aryl methyl sites for hydroxylation is 1. The van der Waals surface area contributed by atoms with Gasteiger partial charge in [-0.25, -0.2) is 4.79 Å². The first-order valence-corrected chi connectivity index (χ1v) is 11.0. The number of hydrogen-bond acceptors (Lipinski definition) is 4. The van der Waals surface area contributed by atoms with Crippen LogP contribution >= 0.6 is 0 Å². The molecular formula is C28H29N3O3. The second kappa shape index (κ2) is 11.1. The van der Waals surface area contributed by atoms with Crippen LogP contribution in [0, 0.1) is 12.3 Å². The van der Waals surface area contributed by atoms with Gasteiger partial charge in [0, 0.05) is 17.2 Å². The highest BCUT2D eigenvalue weighted by molar-refractivity contribution is 5.98. The average molecular weight is 456 g/mol. The normalized spacial score (nSPS) is 12.0. The zero-order chi connectivity index (χ0) is 24.7. The molecule has 6 heteroatoms. The van der Waals surface area contributed by atoms with Gasteiger partial charge in [-0.1, -0.05) is 42.0 Å². The van der Waals surface area contributed by atoms with E-state index >= 15 is 0 Å². The van der Waals surface area contributed by atoms with Crippen LogP contribution in [0.5, 0.6) is 5.75 Å². The molecule has 1 amide bonds. The maximum absolute atomic E-state index is 12.6. The van der Waals surface area contributed by atoms with E-state index in [1.54, 1.807) is 61.5 Å². The molecule has 0 bridgehead atoms. The van der Waals surface area contributed by atoms with Gasteiger partial charge >= 0.3 is 5.97 Å². The summed E-state index contributed by atoms with van der Waals surface area (Å²) in [5, 5.41) is 10.4. The zero-order valence-electron chi connectivity index (χ0n) is 19.6. The Bertz CT molecular complexity index is 1210. The van der Waals surface area contributed by atoms with Gasteiger partial charge in [-0.15, -0.1) is 0 Å². The van der Waals surface area contributed by atoms with E-state index < -0.39 is 5.97 Å². The monoisotopic (exact) mass is 455 g/mol. The van der Waals surface area contributed by atoms with E-state index in [0.717, 1.165) is 12.0 Å². The van der Waals surface area contributed by atoms with Crippen LogP contribution in [-0.2, 0) is 11.2 Å². The van der Waals surface area contributed by atoms with Crippen LogP contribution in [0.1, 0.15) is 46.5 Å². The van der Waals surface area contributed by atoms with Crippen molar-refractivity contribution in [3.63, 3.8) is 0 Å². The molecule has 1 atom stereocenters. The van der Waals surface area contributed by atoms with E-state index in [2.05, 4.69) is 30.4 Å². The molecular weight excluding hydrogens is 426 g/mol. The van der Waals surface area contributed by atoms with Crippen LogP contribution < -0.4 is 15.8 Å². The predicted molar refractivity (Wildman–Crippen MR) is 135 cm³/mol. The fourth-order valence-corrected chi connectivity index (χ4v) is 3.48. The van der Waals surface area contributed by atoms with E-state index in [1.165, 1.54) is 11.1 Å². The lowest BCUT2D eigenvalue weighted by molar-refractivity contribution is -0.117. The van der Waals surface area contributed by atoms with E-state index in [-0.39, 0.29) is 17.8 Å². The highest BCUT2D eigenvalue weighted by Gasteiger charge is 2.12. The smallest absolute Gasteiger partial charge is 0.343 e. The molecule has 0 aliphatic rings. The molecule has 0 aromatic heterocycles. The van der Waals surface area contributed by atoms with Crippen LogP contribution in [0.15, 0.2) is 78.4 Å². The second-order valence-corrected chi connectivity index (χ2v) is 8.34. The Labute approximate surface area is 200 Å². The lowest BCUT2D eigenvalue weighted by Crippen LogP contribution is -2.34. The van der Waals surface area contributed by atoms with Gasteiger partial charge in [0.25, 0.3) is 0 Å². The summed E-state index contributed by atoms with van der Waals surface area (Å²) in [5.74, 6) is -0.305. The summed E-state index contributed by atoms with van der Waals surface area (Å²) in [6.45, 7) is 5.81. The molecule has 0 fully saturated rings. The fourth-order valence-electron chi connectivity index (χ4n) is 3.48. The van der Waals surface area contributed by atoms with Gasteiger partial charge in [-0.05, 0) is 80.8 Å². The Kier molecular flexibility index (Phi) is 7.98. The minimum Gasteiger partial charge on any atom is -0.423 e. The summed E-state index contributed by atoms with van der Waals surface area (Å²) >= 11 is 0. The Morgan fingerprint density at radius 2 is 1.68 bits per heavy atom. The zero-order valence-corrected chi connectivity index (χ0v) is 19.6. The first-order valence-electron chi connectivity index (χ1n) is 11.0. The molecule has 0 aliphatic heterocycles. The Hall–Kier alpha value is -4.19. The molecule has 34 heavy (non-hydrogen) atoms. The Morgan fingerprint density at radius 3 is 2.29 bits per heavy atom. The van der Waals surface area contributed by atoms with Gasteiger partial charge in [-0.2, -0.15) is 0 Å². The van der Waals surface area contributed by atoms with Crippen molar-refractivity contribution < 1.29 is 14.3 Å². The maximum Gasteiger partial charge on any atom is 0.343 e. The highest BCUT2D eigenvalue weighted by atomic mass is 16.5. The minimum absolute atomic E-state index is 0.000640.